The first-order valence-electron chi connectivity index (χ1n) is 13.5. The molecule has 0 saturated carbocycles. The molecule has 1 atom stereocenters. The van der Waals surface area contributed by atoms with E-state index in [0.29, 0.717) is 18.5 Å². The van der Waals surface area contributed by atoms with Gasteiger partial charge in [-0.2, -0.15) is 5.10 Å². The van der Waals surface area contributed by atoms with Crippen LogP contribution in [0.25, 0.3) is 22.3 Å². The molecule has 0 radical (unpaired) electrons. The fraction of sp³-hybridized carbons (Fsp3) is 0.464. The molecule has 0 amide bonds. The molecular formula is C28H36N8O2. The third-order valence-electron chi connectivity index (χ3n) is 8.02. The average Bonchev–Trinajstić information content (AvgIpc) is 3.61. The zero-order chi connectivity index (χ0) is 26.1. The Bertz CT molecular complexity index is 1380. The first-order chi connectivity index (χ1) is 18.6. The SMILES string of the molecule is COc1cc(-c2nn(C3CCN(C4CCCCN4C)CC3)c3ncnc(N)c23)ccc1NCc1ccco1. The summed E-state index contributed by atoms with van der Waals surface area (Å²) >= 11 is 0. The van der Waals surface area contributed by atoms with Crippen LogP contribution in [0.1, 0.15) is 43.9 Å². The molecule has 10 nitrogen and oxygen atoms in total. The molecule has 2 fully saturated rings. The molecular weight excluding hydrogens is 480 g/mol. The first kappa shape index (κ1) is 24.7. The molecule has 6 rings (SSSR count). The smallest absolute Gasteiger partial charge is 0.164 e. The van der Waals surface area contributed by atoms with Crippen molar-refractivity contribution in [1.82, 2.24) is 29.5 Å². The molecule has 3 aromatic heterocycles. The molecule has 5 heterocycles. The minimum absolute atomic E-state index is 0.266. The number of anilines is 2. The zero-order valence-corrected chi connectivity index (χ0v) is 22.1. The predicted molar refractivity (Wildman–Crippen MR) is 148 cm³/mol. The predicted octanol–water partition coefficient (Wildman–Crippen LogP) is 4.37. The van der Waals surface area contributed by atoms with Gasteiger partial charge < -0.3 is 20.2 Å². The van der Waals surface area contributed by atoms with E-state index < -0.39 is 0 Å². The fourth-order valence-electron chi connectivity index (χ4n) is 5.98. The standard InChI is InChI=1S/C28H36N8O2/c1-34-12-4-3-7-24(34)35-13-10-20(11-14-35)36-28-25(27(29)31-18-32-28)26(33-36)19-8-9-22(23(16-19)37-2)30-17-21-6-5-15-38-21/h5-6,8-9,15-16,18,20,24,30H,3-4,7,10-14,17H2,1-2H3,(H2,29,31,32). The van der Waals surface area contributed by atoms with E-state index >= 15 is 0 Å². The Hall–Kier alpha value is -3.63. The first-order valence-corrected chi connectivity index (χ1v) is 13.5. The van der Waals surface area contributed by atoms with Crippen LogP contribution < -0.4 is 15.8 Å². The lowest BCUT2D eigenvalue weighted by atomic mass is 10.0. The van der Waals surface area contributed by atoms with Gasteiger partial charge in [0.25, 0.3) is 0 Å². The number of fused-ring (bicyclic) bond motifs is 1. The van der Waals surface area contributed by atoms with Crippen molar-refractivity contribution >= 4 is 22.5 Å². The molecule has 200 valence electrons. The van der Waals surface area contributed by atoms with Gasteiger partial charge in [-0.1, -0.05) is 6.07 Å². The molecule has 2 aliphatic heterocycles. The highest BCUT2D eigenvalue weighted by Gasteiger charge is 2.31. The maximum Gasteiger partial charge on any atom is 0.164 e. The number of nitrogens with two attached hydrogens (primary N) is 1. The van der Waals surface area contributed by atoms with Crippen molar-refractivity contribution in [2.45, 2.75) is 50.9 Å². The third-order valence-corrected chi connectivity index (χ3v) is 8.02. The van der Waals surface area contributed by atoms with Gasteiger partial charge in [0.15, 0.2) is 5.65 Å². The summed E-state index contributed by atoms with van der Waals surface area (Å²) in [4.78, 5) is 14.1. The Kier molecular flexibility index (Phi) is 6.90. The zero-order valence-electron chi connectivity index (χ0n) is 22.1. The fourth-order valence-corrected chi connectivity index (χ4v) is 5.98. The van der Waals surface area contributed by atoms with Crippen molar-refractivity contribution in [3.63, 3.8) is 0 Å². The maximum absolute atomic E-state index is 6.40. The van der Waals surface area contributed by atoms with E-state index in [9.17, 15) is 0 Å². The molecule has 2 saturated heterocycles. The quantitative estimate of drug-likeness (QED) is 0.370. The number of benzene rings is 1. The van der Waals surface area contributed by atoms with E-state index in [2.05, 4.69) is 36.8 Å². The Labute approximate surface area is 222 Å². The minimum atomic E-state index is 0.266. The summed E-state index contributed by atoms with van der Waals surface area (Å²) in [5.41, 5.74) is 9.76. The molecule has 0 spiro atoms. The van der Waals surface area contributed by atoms with E-state index in [1.54, 1.807) is 13.4 Å². The highest BCUT2D eigenvalue weighted by Crippen LogP contribution is 2.37. The van der Waals surface area contributed by atoms with Crippen molar-refractivity contribution in [3.8, 4) is 17.0 Å². The number of ether oxygens (including phenoxy) is 1. The van der Waals surface area contributed by atoms with Gasteiger partial charge in [0.05, 0.1) is 43.2 Å². The molecule has 0 bridgehead atoms. The van der Waals surface area contributed by atoms with Crippen molar-refractivity contribution in [2.75, 3.05) is 44.8 Å². The highest BCUT2D eigenvalue weighted by atomic mass is 16.5. The molecule has 1 unspecified atom stereocenters. The summed E-state index contributed by atoms with van der Waals surface area (Å²) in [7, 11) is 3.93. The number of nitrogen functional groups attached to an aromatic ring is 1. The van der Waals surface area contributed by atoms with Crippen LogP contribution in [0.15, 0.2) is 47.3 Å². The molecule has 1 aromatic carbocycles. The van der Waals surface area contributed by atoms with Crippen LogP contribution in [0.2, 0.25) is 0 Å². The topological polar surface area (TPSA) is 110 Å². The van der Waals surface area contributed by atoms with Gasteiger partial charge in [0.1, 0.15) is 29.3 Å². The molecule has 3 N–H and O–H groups in total. The summed E-state index contributed by atoms with van der Waals surface area (Å²) in [6, 6.07) is 10.1. The highest BCUT2D eigenvalue weighted by molar-refractivity contribution is 5.98. The molecule has 0 aliphatic carbocycles. The second-order valence-corrected chi connectivity index (χ2v) is 10.3. The summed E-state index contributed by atoms with van der Waals surface area (Å²) in [6.45, 7) is 3.87. The van der Waals surface area contributed by atoms with Crippen molar-refractivity contribution in [2.24, 2.45) is 0 Å². The lowest BCUT2D eigenvalue weighted by molar-refractivity contribution is 0.0104. The number of nitrogens with one attached hydrogen (secondary N) is 1. The number of aromatic nitrogens is 4. The van der Waals surface area contributed by atoms with Gasteiger partial charge in [0.2, 0.25) is 0 Å². The van der Waals surface area contributed by atoms with Crippen molar-refractivity contribution < 1.29 is 9.15 Å². The molecule has 38 heavy (non-hydrogen) atoms. The second kappa shape index (κ2) is 10.6. The van der Waals surface area contributed by atoms with E-state index in [1.165, 1.54) is 32.1 Å². The molecule has 2 aliphatic rings. The number of piperidine rings is 2. The Morgan fingerprint density at radius 3 is 2.74 bits per heavy atom. The van der Waals surface area contributed by atoms with Gasteiger partial charge in [-0.3, -0.25) is 9.80 Å². The van der Waals surface area contributed by atoms with E-state index in [1.807, 2.05) is 30.3 Å². The molecule has 10 heteroatoms. The monoisotopic (exact) mass is 516 g/mol. The van der Waals surface area contributed by atoms with Crippen molar-refractivity contribution in [3.05, 3.63) is 48.7 Å². The Morgan fingerprint density at radius 1 is 1.11 bits per heavy atom. The van der Waals surface area contributed by atoms with Crippen LogP contribution >= 0.6 is 0 Å². The second-order valence-electron chi connectivity index (χ2n) is 10.3. The normalized spacial score (nSPS) is 19.7. The number of furan rings is 1. The van der Waals surface area contributed by atoms with Crippen LogP contribution in [0.5, 0.6) is 5.75 Å². The van der Waals surface area contributed by atoms with Crippen LogP contribution in [-0.2, 0) is 6.54 Å². The van der Waals surface area contributed by atoms with Gasteiger partial charge >= 0.3 is 0 Å². The third kappa shape index (κ3) is 4.69. The van der Waals surface area contributed by atoms with Crippen LogP contribution in [0, 0.1) is 0 Å². The minimum Gasteiger partial charge on any atom is -0.495 e. The summed E-state index contributed by atoms with van der Waals surface area (Å²) in [5, 5.41) is 9.28. The lowest BCUT2D eigenvalue weighted by Crippen LogP contribution is -2.51. The number of methoxy groups -OCH3 is 1. The number of hydrogen-bond donors (Lipinski definition) is 2. The van der Waals surface area contributed by atoms with Crippen molar-refractivity contribution in [1.29, 1.82) is 0 Å². The van der Waals surface area contributed by atoms with E-state index in [0.717, 1.165) is 65.4 Å². The number of hydrogen-bond acceptors (Lipinski definition) is 9. The summed E-state index contributed by atoms with van der Waals surface area (Å²) in [5.74, 6) is 2.01. The molecule has 4 aromatic rings. The van der Waals surface area contributed by atoms with E-state index in [4.69, 9.17) is 20.0 Å². The van der Waals surface area contributed by atoms with E-state index in [-0.39, 0.29) is 6.04 Å². The average molecular weight is 517 g/mol. The van der Waals surface area contributed by atoms with Gasteiger partial charge in [0, 0.05) is 18.7 Å². The van der Waals surface area contributed by atoms with Crippen LogP contribution in [-0.4, -0.2) is 69.5 Å². The Morgan fingerprint density at radius 2 is 1.97 bits per heavy atom. The number of nitrogens with zero attached hydrogens (tertiary/aromatic N) is 6. The number of likely N-dealkylation sites (tertiary alicyclic amines) is 2. The van der Waals surface area contributed by atoms with Gasteiger partial charge in [-0.15, -0.1) is 0 Å². The maximum atomic E-state index is 6.40. The lowest BCUT2D eigenvalue weighted by Gasteiger charge is -2.43. The summed E-state index contributed by atoms with van der Waals surface area (Å²) in [6.07, 6.45) is 9.70. The Balaban J connectivity index is 1.27. The van der Waals surface area contributed by atoms with Gasteiger partial charge in [-0.25, -0.2) is 14.6 Å². The largest absolute Gasteiger partial charge is 0.495 e. The van der Waals surface area contributed by atoms with Gasteiger partial charge in [-0.05, 0) is 70.0 Å². The number of rotatable bonds is 7. The summed E-state index contributed by atoms with van der Waals surface area (Å²) < 4.78 is 13.2. The van der Waals surface area contributed by atoms with Crippen LogP contribution in [0.3, 0.4) is 0 Å². The van der Waals surface area contributed by atoms with Crippen LogP contribution in [0.4, 0.5) is 11.5 Å².